The first kappa shape index (κ1) is 18.0. The Morgan fingerprint density at radius 1 is 0.964 bits per heavy atom. The van der Waals surface area contributed by atoms with Crippen LogP contribution in [0.2, 0.25) is 0 Å². The molecule has 0 bridgehead atoms. The van der Waals surface area contributed by atoms with E-state index >= 15 is 0 Å². The number of anilines is 1. The maximum Gasteiger partial charge on any atom is 0.252 e. The molecule has 0 saturated heterocycles. The van der Waals surface area contributed by atoms with Gasteiger partial charge in [0.05, 0.1) is 11.4 Å². The molecule has 0 aliphatic carbocycles. The Bertz CT molecular complexity index is 1180. The van der Waals surface area contributed by atoms with Gasteiger partial charge in [-0.3, -0.25) is 9.59 Å². The SMILES string of the molecule is O=C(CSc1nc(-c2ccccc2)cc(=O)[nH]1)Nc1cccc2ccccc12. The third kappa shape index (κ3) is 4.13. The molecule has 4 aromatic rings. The number of rotatable bonds is 5. The van der Waals surface area contributed by atoms with E-state index in [2.05, 4.69) is 15.3 Å². The molecule has 2 N–H and O–H groups in total. The summed E-state index contributed by atoms with van der Waals surface area (Å²) in [5, 5.41) is 5.40. The van der Waals surface area contributed by atoms with Crippen LogP contribution in [-0.2, 0) is 4.79 Å². The van der Waals surface area contributed by atoms with Gasteiger partial charge in [-0.1, -0.05) is 78.5 Å². The van der Waals surface area contributed by atoms with E-state index in [1.54, 1.807) is 0 Å². The summed E-state index contributed by atoms with van der Waals surface area (Å²) in [5.41, 5.74) is 1.96. The highest BCUT2D eigenvalue weighted by atomic mass is 32.2. The lowest BCUT2D eigenvalue weighted by Gasteiger charge is -2.09. The first-order valence-corrected chi connectivity index (χ1v) is 9.75. The van der Waals surface area contributed by atoms with E-state index < -0.39 is 0 Å². The maximum absolute atomic E-state index is 12.4. The number of nitrogens with one attached hydrogen (secondary N) is 2. The summed E-state index contributed by atoms with van der Waals surface area (Å²) < 4.78 is 0. The minimum absolute atomic E-state index is 0.143. The first-order chi connectivity index (χ1) is 13.7. The van der Waals surface area contributed by atoms with Crippen LogP contribution in [0.5, 0.6) is 0 Å². The van der Waals surface area contributed by atoms with Crippen LogP contribution < -0.4 is 10.9 Å². The molecule has 0 spiro atoms. The van der Waals surface area contributed by atoms with Crippen molar-refractivity contribution in [3.8, 4) is 11.3 Å². The van der Waals surface area contributed by atoms with Crippen LogP contribution in [0.1, 0.15) is 0 Å². The number of H-pyrrole nitrogens is 1. The molecule has 0 unspecified atom stereocenters. The van der Waals surface area contributed by atoms with Crippen LogP contribution in [0.3, 0.4) is 0 Å². The van der Waals surface area contributed by atoms with Crippen LogP contribution >= 0.6 is 11.8 Å². The average molecular weight is 387 g/mol. The summed E-state index contributed by atoms with van der Waals surface area (Å²) in [6.45, 7) is 0. The van der Waals surface area contributed by atoms with Crippen molar-refractivity contribution < 1.29 is 4.79 Å². The van der Waals surface area contributed by atoms with Crippen LogP contribution in [-0.4, -0.2) is 21.6 Å². The van der Waals surface area contributed by atoms with Gasteiger partial charge in [-0.15, -0.1) is 0 Å². The van der Waals surface area contributed by atoms with Crippen LogP contribution in [0.15, 0.2) is 88.8 Å². The molecule has 138 valence electrons. The van der Waals surface area contributed by atoms with Crippen LogP contribution in [0.25, 0.3) is 22.0 Å². The van der Waals surface area contributed by atoms with E-state index in [-0.39, 0.29) is 17.2 Å². The number of amides is 1. The highest BCUT2D eigenvalue weighted by molar-refractivity contribution is 7.99. The zero-order valence-corrected chi connectivity index (χ0v) is 15.7. The molecule has 0 aliphatic heterocycles. The zero-order chi connectivity index (χ0) is 19.3. The van der Waals surface area contributed by atoms with E-state index in [9.17, 15) is 9.59 Å². The number of fused-ring (bicyclic) bond motifs is 1. The van der Waals surface area contributed by atoms with E-state index in [0.29, 0.717) is 10.9 Å². The number of aromatic nitrogens is 2. The number of hydrogen-bond donors (Lipinski definition) is 2. The molecule has 4 rings (SSSR count). The lowest BCUT2D eigenvalue weighted by Crippen LogP contribution is -2.15. The average Bonchev–Trinajstić information content (AvgIpc) is 2.73. The fraction of sp³-hybridized carbons (Fsp3) is 0.0455. The van der Waals surface area contributed by atoms with Crippen LogP contribution in [0.4, 0.5) is 5.69 Å². The number of carbonyl (C=O) groups excluding carboxylic acids is 1. The number of thioether (sulfide) groups is 1. The number of nitrogens with zero attached hydrogens (tertiary/aromatic N) is 1. The summed E-state index contributed by atoms with van der Waals surface area (Å²) >= 11 is 1.20. The van der Waals surface area contributed by atoms with Crippen molar-refractivity contribution in [2.75, 3.05) is 11.1 Å². The molecular weight excluding hydrogens is 370 g/mol. The fourth-order valence-electron chi connectivity index (χ4n) is 2.92. The van der Waals surface area contributed by atoms with Gasteiger partial charge >= 0.3 is 0 Å². The van der Waals surface area contributed by atoms with Crippen molar-refractivity contribution in [2.45, 2.75) is 5.16 Å². The molecule has 1 aromatic heterocycles. The van der Waals surface area contributed by atoms with Crippen molar-refractivity contribution in [3.05, 3.63) is 89.2 Å². The second kappa shape index (κ2) is 8.10. The Kier molecular flexibility index (Phi) is 5.21. The molecule has 28 heavy (non-hydrogen) atoms. The van der Waals surface area contributed by atoms with E-state index in [0.717, 1.165) is 22.0 Å². The molecule has 5 nitrogen and oxygen atoms in total. The van der Waals surface area contributed by atoms with Gasteiger partial charge in [0.15, 0.2) is 5.16 Å². The van der Waals surface area contributed by atoms with E-state index in [4.69, 9.17) is 0 Å². The smallest absolute Gasteiger partial charge is 0.252 e. The lowest BCUT2D eigenvalue weighted by molar-refractivity contribution is -0.113. The van der Waals surface area contributed by atoms with Crippen molar-refractivity contribution in [1.29, 1.82) is 0 Å². The van der Waals surface area contributed by atoms with E-state index in [1.165, 1.54) is 17.8 Å². The second-order valence-corrected chi connectivity index (χ2v) is 7.13. The molecule has 1 amide bonds. The van der Waals surface area contributed by atoms with Crippen molar-refractivity contribution in [3.63, 3.8) is 0 Å². The number of aromatic amines is 1. The van der Waals surface area contributed by atoms with Crippen molar-refractivity contribution in [2.24, 2.45) is 0 Å². The fourth-order valence-corrected chi connectivity index (χ4v) is 3.59. The minimum atomic E-state index is -0.245. The Morgan fingerprint density at radius 3 is 2.57 bits per heavy atom. The standard InChI is InChI=1S/C22H17N3O2S/c26-20-13-19(16-8-2-1-3-9-16)24-22(25-20)28-14-21(27)23-18-12-6-10-15-7-4-5-11-17(15)18/h1-13H,14H2,(H,23,27)(H,24,25,26). The summed E-state index contributed by atoms with van der Waals surface area (Å²) in [5.74, 6) is -0.0150. The summed E-state index contributed by atoms with van der Waals surface area (Å²) in [6.07, 6.45) is 0. The molecule has 1 heterocycles. The molecule has 0 fully saturated rings. The van der Waals surface area contributed by atoms with Crippen LogP contribution in [0, 0.1) is 0 Å². The van der Waals surface area contributed by atoms with Gasteiger partial charge in [-0.05, 0) is 11.5 Å². The van der Waals surface area contributed by atoms with Gasteiger partial charge in [-0.2, -0.15) is 0 Å². The van der Waals surface area contributed by atoms with E-state index in [1.807, 2.05) is 72.8 Å². The summed E-state index contributed by atoms with van der Waals surface area (Å²) in [6, 6.07) is 24.6. The Labute approximate surface area is 165 Å². The van der Waals surface area contributed by atoms with Gasteiger partial charge in [0.1, 0.15) is 0 Å². The zero-order valence-electron chi connectivity index (χ0n) is 14.9. The predicted molar refractivity (Wildman–Crippen MR) is 114 cm³/mol. The highest BCUT2D eigenvalue weighted by Gasteiger charge is 2.09. The third-order valence-corrected chi connectivity index (χ3v) is 5.07. The summed E-state index contributed by atoms with van der Waals surface area (Å²) in [7, 11) is 0. The topological polar surface area (TPSA) is 74.8 Å². The Balaban J connectivity index is 1.48. The lowest BCUT2D eigenvalue weighted by atomic mass is 10.1. The first-order valence-electron chi connectivity index (χ1n) is 8.76. The number of benzene rings is 3. The van der Waals surface area contributed by atoms with Gasteiger partial charge in [0, 0.05) is 22.7 Å². The normalized spacial score (nSPS) is 10.7. The molecular formula is C22H17N3O2S. The second-order valence-electron chi connectivity index (χ2n) is 6.17. The number of hydrogen-bond acceptors (Lipinski definition) is 4. The molecule has 3 aromatic carbocycles. The third-order valence-electron chi connectivity index (χ3n) is 4.19. The van der Waals surface area contributed by atoms with Gasteiger partial charge in [-0.25, -0.2) is 4.98 Å². The molecule has 0 atom stereocenters. The van der Waals surface area contributed by atoms with Gasteiger partial charge in [0.25, 0.3) is 5.56 Å². The Hall–Kier alpha value is -3.38. The number of carbonyl (C=O) groups is 1. The highest BCUT2D eigenvalue weighted by Crippen LogP contribution is 2.24. The molecule has 0 saturated carbocycles. The molecule has 6 heteroatoms. The largest absolute Gasteiger partial charge is 0.325 e. The van der Waals surface area contributed by atoms with Crippen molar-refractivity contribution in [1.82, 2.24) is 9.97 Å². The van der Waals surface area contributed by atoms with Gasteiger partial charge < -0.3 is 10.3 Å². The maximum atomic E-state index is 12.4. The monoisotopic (exact) mass is 387 g/mol. The molecule has 0 aliphatic rings. The molecule has 0 radical (unpaired) electrons. The minimum Gasteiger partial charge on any atom is -0.325 e. The summed E-state index contributed by atoms with van der Waals surface area (Å²) in [4.78, 5) is 31.5. The predicted octanol–water partition coefficient (Wildman–Crippen LogP) is 4.32. The Morgan fingerprint density at radius 2 is 1.71 bits per heavy atom. The van der Waals surface area contributed by atoms with Gasteiger partial charge in [0.2, 0.25) is 5.91 Å². The quantitative estimate of drug-likeness (QED) is 0.395. The van der Waals surface area contributed by atoms with Crippen molar-refractivity contribution >= 4 is 34.1 Å².